The number of nitrogens with zero attached hydrogens (tertiary/aromatic N) is 1. The van der Waals surface area contributed by atoms with E-state index in [-0.39, 0.29) is 40.1 Å². The summed E-state index contributed by atoms with van der Waals surface area (Å²) < 4.78 is 28.4. The predicted octanol–water partition coefficient (Wildman–Crippen LogP) is 1.67. The largest absolute Gasteiger partial charge is 0.452 e. The van der Waals surface area contributed by atoms with E-state index in [1.807, 2.05) is 0 Å². The normalized spacial score (nSPS) is 22.1. The van der Waals surface area contributed by atoms with Crippen molar-refractivity contribution in [1.82, 2.24) is 4.90 Å². The summed E-state index contributed by atoms with van der Waals surface area (Å²) in [5.41, 5.74) is 0.202. The van der Waals surface area contributed by atoms with E-state index < -0.39 is 22.4 Å². The summed E-state index contributed by atoms with van der Waals surface area (Å²) in [6.45, 7) is -0.406. The third-order valence-electron chi connectivity index (χ3n) is 4.25. The molecule has 0 aromatic heterocycles. The first-order valence-corrected chi connectivity index (χ1v) is 10.0. The molecule has 24 heavy (non-hydrogen) atoms. The molecule has 0 radical (unpaired) electrons. The molecule has 1 aliphatic carbocycles. The molecular formula is C16H18ClNO5S. The molecular weight excluding hydrogens is 354 g/mol. The van der Waals surface area contributed by atoms with Gasteiger partial charge in [-0.05, 0) is 31.4 Å². The molecule has 1 aromatic rings. The average molecular weight is 372 g/mol. The van der Waals surface area contributed by atoms with Crippen LogP contribution in [0.5, 0.6) is 0 Å². The summed E-state index contributed by atoms with van der Waals surface area (Å²) in [5.74, 6) is -0.912. The Balaban J connectivity index is 1.63. The fourth-order valence-electron chi connectivity index (χ4n) is 2.96. The molecule has 0 spiro atoms. The molecule has 1 heterocycles. The molecule has 1 saturated carbocycles. The number of amides is 1. The fraction of sp³-hybridized carbons (Fsp3) is 0.500. The Morgan fingerprint density at radius 3 is 2.46 bits per heavy atom. The summed E-state index contributed by atoms with van der Waals surface area (Å²) in [7, 11) is -3.08. The molecule has 6 nitrogen and oxygen atoms in total. The van der Waals surface area contributed by atoms with E-state index in [0.29, 0.717) is 6.42 Å². The van der Waals surface area contributed by atoms with Gasteiger partial charge in [0, 0.05) is 12.1 Å². The van der Waals surface area contributed by atoms with Crippen molar-refractivity contribution in [2.45, 2.75) is 31.3 Å². The molecule has 2 aliphatic rings. The number of carbonyl (C=O) groups is 2. The maximum atomic E-state index is 12.5. The van der Waals surface area contributed by atoms with Crippen LogP contribution in [0, 0.1) is 0 Å². The third kappa shape index (κ3) is 3.89. The molecule has 130 valence electrons. The highest BCUT2D eigenvalue weighted by Crippen LogP contribution is 2.32. The summed E-state index contributed by atoms with van der Waals surface area (Å²) >= 11 is 5.93. The number of ether oxygens (including phenoxy) is 1. The fourth-order valence-corrected chi connectivity index (χ4v) is 4.88. The Morgan fingerprint density at radius 2 is 1.88 bits per heavy atom. The molecule has 1 aromatic carbocycles. The summed E-state index contributed by atoms with van der Waals surface area (Å²) in [5, 5.41) is 0.260. The van der Waals surface area contributed by atoms with Crippen LogP contribution in [0.2, 0.25) is 5.02 Å². The minimum Gasteiger partial charge on any atom is -0.452 e. The lowest BCUT2D eigenvalue weighted by atomic mass is 10.2. The van der Waals surface area contributed by atoms with Gasteiger partial charge in [0.2, 0.25) is 0 Å². The molecule has 0 bridgehead atoms. The highest BCUT2D eigenvalue weighted by Gasteiger charge is 2.42. The van der Waals surface area contributed by atoms with Gasteiger partial charge >= 0.3 is 5.97 Å². The second-order valence-corrected chi connectivity index (χ2v) is 8.78. The lowest BCUT2D eigenvalue weighted by molar-refractivity contribution is -0.137. The minimum atomic E-state index is -3.08. The van der Waals surface area contributed by atoms with Crippen molar-refractivity contribution in [3.63, 3.8) is 0 Å². The molecule has 1 saturated heterocycles. The van der Waals surface area contributed by atoms with E-state index >= 15 is 0 Å². The number of benzene rings is 1. The molecule has 1 aliphatic heterocycles. The molecule has 0 N–H and O–H groups in total. The monoisotopic (exact) mass is 371 g/mol. The van der Waals surface area contributed by atoms with Crippen molar-refractivity contribution >= 4 is 33.3 Å². The van der Waals surface area contributed by atoms with Crippen LogP contribution in [0.15, 0.2) is 24.3 Å². The standard InChI is InChI=1S/C16H18ClNO5S/c17-14-4-2-1-3-13(14)16(20)23-9-15(19)18(11-5-6-11)12-7-8-24(21,22)10-12/h1-4,11-12H,5-10H2/t12-/m0/s1. The van der Waals surface area contributed by atoms with Gasteiger partial charge in [-0.3, -0.25) is 4.79 Å². The second-order valence-electron chi connectivity index (χ2n) is 6.15. The average Bonchev–Trinajstić information content (AvgIpc) is 3.29. The SMILES string of the molecule is O=C(OCC(=O)N(C1CC1)[C@H]1CCS(=O)(=O)C1)c1ccccc1Cl. The van der Waals surface area contributed by atoms with Gasteiger partial charge in [-0.15, -0.1) is 0 Å². The van der Waals surface area contributed by atoms with E-state index in [2.05, 4.69) is 0 Å². The van der Waals surface area contributed by atoms with Gasteiger partial charge in [-0.2, -0.15) is 0 Å². The highest BCUT2D eigenvalue weighted by molar-refractivity contribution is 7.91. The van der Waals surface area contributed by atoms with Gasteiger partial charge in [0.25, 0.3) is 5.91 Å². The lowest BCUT2D eigenvalue weighted by Gasteiger charge is -2.28. The summed E-state index contributed by atoms with van der Waals surface area (Å²) in [6, 6.07) is 6.20. The van der Waals surface area contributed by atoms with Crippen LogP contribution in [0.3, 0.4) is 0 Å². The molecule has 8 heteroatoms. The smallest absolute Gasteiger partial charge is 0.340 e. The predicted molar refractivity (Wildman–Crippen MR) is 88.7 cm³/mol. The number of esters is 1. The second kappa shape index (κ2) is 6.72. The van der Waals surface area contributed by atoms with Gasteiger partial charge in [-0.1, -0.05) is 23.7 Å². The zero-order valence-electron chi connectivity index (χ0n) is 13.0. The van der Waals surface area contributed by atoms with Gasteiger partial charge in [0.15, 0.2) is 16.4 Å². The zero-order chi connectivity index (χ0) is 17.3. The van der Waals surface area contributed by atoms with Crippen LogP contribution in [-0.2, 0) is 19.4 Å². The highest BCUT2D eigenvalue weighted by atomic mass is 35.5. The number of halogens is 1. The molecule has 2 fully saturated rings. The van der Waals surface area contributed by atoms with Crippen molar-refractivity contribution < 1.29 is 22.7 Å². The Labute approximate surface area is 145 Å². The number of hydrogen-bond acceptors (Lipinski definition) is 5. The van der Waals surface area contributed by atoms with Crippen molar-refractivity contribution in [2.24, 2.45) is 0 Å². The van der Waals surface area contributed by atoms with Crippen molar-refractivity contribution in [3.05, 3.63) is 34.9 Å². The molecule has 1 atom stereocenters. The van der Waals surface area contributed by atoms with Crippen molar-refractivity contribution in [3.8, 4) is 0 Å². The summed E-state index contributed by atoms with van der Waals surface area (Å²) in [6.07, 6.45) is 2.17. The first-order valence-electron chi connectivity index (χ1n) is 7.80. The Hall–Kier alpha value is -1.60. The Morgan fingerprint density at radius 1 is 1.17 bits per heavy atom. The molecule has 3 rings (SSSR count). The Bertz CT molecular complexity index is 759. The third-order valence-corrected chi connectivity index (χ3v) is 6.33. The summed E-state index contributed by atoms with van der Waals surface area (Å²) in [4.78, 5) is 26.1. The van der Waals surface area contributed by atoms with E-state index in [1.165, 1.54) is 6.07 Å². The quantitative estimate of drug-likeness (QED) is 0.735. The zero-order valence-corrected chi connectivity index (χ0v) is 14.6. The number of rotatable bonds is 5. The van der Waals surface area contributed by atoms with E-state index in [9.17, 15) is 18.0 Å². The lowest BCUT2D eigenvalue weighted by Crippen LogP contribution is -2.44. The topological polar surface area (TPSA) is 80.8 Å². The van der Waals surface area contributed by atoms with Crippen LogP contribution in [0.25, 0.3) is 0 Å². The van der Waals surface area contributed by atoms with E-state index in [1.54, 1.807) is 23.1 Å². The van der Waals surface area contributed by atoms with Crippen molar-refractivity contribution in [2.75, 3.05) is 18.1 Å². The maximum Gasteiger partial charge on any atom is 0.340 e. The number of carbonyl (C=O) groups excluding carboxylic acids is 2. The van der Waals surface area contributed by atoms with E-state index in [0.717, 1.165) is 12.8 Å². The van der Waals surface area contributed by atoms with Gasteiger partial charge < -0.3 is 9.64 Å². The van der Waals surface area contributed by atoms with Crippen LogP contribution in [0.4, 0.5) is 0 Å². The van der Waals surface area contributed by atoms with Gasteiger partial charge in [0.05, 0.1) is 22.1 Å². The van der Waals surface area contributed by atoms with Gasteiger partial charge in [0.1, 0.15) is 0 Å². The van der Waals surface area contributed by atoms with Crippen LogP contribution in [-0.4, -0.2) is 55.4 Å². The Kier molecular flexibility index (Phi) is 4.83. The number of hydrogen-bond donors (Lipinski definition) is 0. The van der Waals surface area contributed by atoms with Crippen LogP contribution < -0.4 is 0 Å². The van der Waals surface area contributed by atoms with Crippen LogP contribution in [0.1, 0.15) is 29.6 Å². The molecule has 0 unspecified atom stereocenters. The first kappa shape index (κ1) is 17.2. The number of sulfone groups is 1. The van der Waals surface area contributed by atoms with Gasteiger partial charge in [-0.25, -0.2) is 13.2 Å². The minimum absolute atomic E-state index is 0.00625. The van der Waals surface area contributed by atoms with E-state index in [4.69, 9.17) is 16.3 Å². The maximum absolute atomic E-state index is 12.5. The molecule has 1 amide bonds. The van der Waals surface area contributed by atoms with Crippen molar-refractivity contribution in [1.29, 1.82) is 0 Å². The first-order chi connectivity index (χ1) is 11.4. The van der Waals surface area contributed by atoms with Crippen LogP contribution >= 0.6 is 11.6 Å².